The fourth-order valence-corrected chi connectivity index (χ4v) is 5.35. The fourth-order valence-electron chi connectivity index (χ4n) is 5.35. The maximum absolute atomic E-state index is 14.4. The zero-order chi connectivity index (χ0) is 25.0. The van der Waals surface area contributed by atoms with E-state index in [1.807, 2.05) is 29.9 Å². The number of rotatable bonds is 7. The molecule has 3 fully saturated rings. The number of nitrogens with zero attached hydrogens (tertiary/aromatic N) is 4. The summed E-state index contributed by atoms with van der Waals surface area (Å²) in [5.41, 5.74) is 3.57. The lowest BCUT2D eigenvalue weighted by Crippen LogP contribution is -2.34. The summed E-state index contributed by atoms with van der Waals surface area (Å²) in [4.78, 5) is 32.4. The SMILES string of the molecule is Cc1cc(N2CC[C@@](C)(C3CC3)C2=O)cc(C(=O)NCc2cc(F)cc(-c3cnn(C4CC4)c3)c2)n1. The van der Waals surface area contributed by atoms with Gasteiger partial charge in [-0.2, -0.15) is 5.10 Å². The van der Waals surface area contributed by atoms with Gasteiger partial charge in [0.2, 0.25) is 5.91 Å². The molecule has 1 N–H and O–H groups in total. The van der Waals surface area contributed by atoms with Gasteiger partial charge in [0.1, 0.15) is 11.5 Å². The minimum Gasteiger partial charge on any atom is -0.347 e. The Bertz CT molecular complexity index is 1360. The average Bonchev–Trinajstić information content (AvgIpc) is 3.79. The van der Waals surface area contributed by atoms with Crippen LogP contribution in [0.2, 0.25) is 0 Å². The van der Waals surface area contributed by atoms with Crippen molar-refractivity contribution in [2.24, 2.45) is 11.3 Å². The van der Waals surface area contributed by atoms with Crippen molar-refractivity contribution in [1.82, 2.24) is 20.1 Å². The summed E-state index contributed by atoms with van der Waals surface area (Å²) in [7, 11) is 0. The van der Waals surface area contributed by atoms with Gasteiger partial charge in [0.15, 0.2) is 0 Å². The predicted molar refractivity (Wildman–Crippen MR) is 134 cm³/mol. The van der Waals surface area contributed by atoms with Gasteiger partial charge in [0, 0.05) is 36.2 Å². The van der Waals surface area contributed by atoms with Crippen LogP contribution in [0.15, 0.2) is 42.7 Å². The maximum Gasteiger partial charge on any atom is 0.270 e. The molecule has 0 unspecified atom stereocenters. The van der Waals surface area contributed by atoms with Crippen LogP contribution in [0.1, 0.15) is 66.8 Å². The Morgan fingerprint density at radius 1 is 1.14 bits per heavy atom. The number of anilines is 1. The molecule has 3 heterocycles. The number of amides is 2. The Morgan fingerprint density at radius 2 is 1.94 bits per heavy atom. The third kappa shape index (κ3) is 4.29. The molecule has 2 amide bonds. The lowest BCUT2D eigenvalue weighted by atomic mass is 9.83. The summed E-state index contributed by atoms with van der Waals surface area (Å²) in [5.74, 6) is -0.110. The van der Waals surface area contributed by atoms with Crippen molar-refractivity contribution in [1.29, 1.82) is 0 Å². The molecule has 1 saturated heterocycles. The molecule has 2 aromatic heterocycles. The molecule has 186 valence electrons. The smallest absolute Gasteiger partial charge is 0.270 e. The second kappa shape index (κ2) is 8.54. The van der Waals surface area contributed by atoms with Crippen LogP contribution < -0.4 is 10.2 Å². The second-order valence-electron chi connectivity index (χ2n) is 10.7. The zero-order valence-corrected chi connectivity index (χ0v) is 20.6. The van der Waals surface area contributed by atoms with E-state index in [1.54, 1.807) is 17.2 Å². The number of pyridine rings is 1. The maximum atomic E-state index is 14.4. The van der Waals surface area contributed by atoms with Gasteiger partial charge in [0.05, 0.1) is 17.7 Å². The molecule has 0 spiro atoms. The highest BCUT2D eigenvalue weighted by Gasteiger charge is 2.52. The molecule has 2 saturated carbocycles. The number of carbonyl (C=O) groups is 2. The molecule has 0 bridgehead atoms. The van der Waals surface area contributed by atoms with Crippen LogP contribution in [0, 0.1) is 24.1 Å². The molecule has 6 rings (SSSR count). The van der Waals surface area contributed by atoms with Crippen molar-refractivity contribution < 1.29 is 14.0 Å². The van der Waals surface area contributed by atoms with Crippen molar-refractivity contribution >= 4 is 17.5 Å². The van der Waals surface area contributed by atoms with Crippen LogP contribution in [0.25, 0.3) is 11.1 Å². The van der Waals surface area contributed by atoms with Gasteiger partial charge >= 0.3 is 0 Å². The Labute approximate surface area is 209 Å². The predicted octanol–water partition coefficient (Wildman–Crippen LogP) is 4.81. The second-order valence-corrected chi connectivity index (χ2v) is 10.7. The minimum absolute atomic E-state index is 0.138. The normalized spacial score (nSPS) is 21.8. The first-order valence-corrected chi connectivity index (χ1v) is 12.7. The van der Waals surface area contributed by atoms with Gasteiger partial charge in [-0.1, -0.05) is 6.92 Å². The molecule has 7 nitrogen and oxygen atoms in total. The molecular weight excluding hydrogens is 457 g/mol. The van der Waals surface area contributed by atoms with Crippen molar-refractivity contribution in [3.05, 3.63) is 65.5 Å². The van der Waals surface area contributed by atoms with E-state index >= 15 is 0 Å². The molecule has 3 aromatic rings. The standard InChI is InChI=1S/C28H30FN5O2/c1-17-9-24(33-8-7-28(2,27(33)36)21-3-4-21)13-25(32-17)26(35)30-14-18-10-19(12-22(29)11-18)20-15-31-34(16-20)23-5-6-23/h9-13,15-16,21,23H,3-8,14H2,1-2H3,(H,30,35)/t28-/m0/s1. The number of carbonyl (C=O) groups excluding carboxylic acids is 2. The number of halogens is 1. The topological polar surface area (TPSA) is 80.1 Å². The van der Waals surface area contributed by atoms with Crippen molar-refractivity contribution in [3.63, 3.8) is 0 Å². The molecule has 8 heteroatoms. The van der Waals surface area contributed by atoms with Crippen molar-refractivity contribution in [2.45, 2.75) is 58.5 Å². The number of aromatic nitrogens is 3. The van der Waals surface area contributed by atoms with Crippen LogP contribution in [-0.2, 0) is 11.3 Å². The van der Waals surface area contributed by atoms with E-state index in [1.165, 1.54) is 12.1 Å². The van der Waals surface area contributed by atoms with E-state index in [0.717, 1.165) is 43.2 Å². The first-order valence-electron chi connectivity index (χ1n) is 12.7. The third-order valence-electron chi connectivity index (χ3n) is 7.82. The number of hydrogen-bond acceptors (Lipinski definition) is 4. The number of hydrogen-bond donors (Lipinski definition) is 1. The summed E-state index contributed by atoms with van der Waals surface area (Å²) in [6, 6.07) is 8.77. The van der Waals surface area contributed by atoms with E-state index in [4.69, 9.17) is 0 Å². The van der Waals surface area contributed by atoms with Gasteiger partial charge < -0.3 is 10.2 Å². The summed E-state index contributed by atoms with van der Waals surface area (Å²) < 4.78 is 16.3. The Kier molecular flexibility index (Phi) is 5.43. The quantitative estimate of drug-likeness (QED) is 0.519. The molecule has 1 atom stereocenters. The monoisotopic (exact) mass is 487 g/mol. The molecule has 1 aromatic carbocycles. The Hall–Kier alpha value is -3.55. The van der Waals surface area contributed by atoms with Gasteiger partial charge in [-0.05, 0) is 86.4 Å². The summed E-state index contributed by atoms with van der Waals surface area (Å²) >= 11 is 0. The molecular formula is C28H30FN5O2. The van der Waals surface area contributed by atoms with Gasteiger partial charge in [-0.25, -0.2) is 9.37 Å². The highest BCUT2D eigenvalue weighted by Crippen LogP contribution is 2.52. The van der Waals surface area contributed by atoms with E-state index in [2.05, 4.69) is 22.3 Å². The summed E-state index contributed by atoms with van der Waals surface area (Å²) in [6.07, 6.45) is 9.01. The number of benzene rings is 1. The van der Waals surface area contributed by atoms with Crippen LogP contribution >= 0.6 is 0 Å². The summed E-state index contributed by atoms with van der Waals surface area (Å²) in [6.45, 7) is 4.70. The molecule has 36 heavy (non-hydrogen) atoms. The first-order chi connectivity index (χ1) is 17.3. The first kappa shape index (κ1) is 22.9. The molecule has 1 aliphatic heterocycles. The lowest BCUT2D eigenvalue weighted by molar-refractivity contribution is -0.125. The molecule has 0 radical (unpaired) electrons. The number of aryl methyl sites for hydroxylation is 1. The van der Waals surface area contributed by atoms with Gasteiger partial charge in [-0.3, -0.25) is 14.3 Å². The molecule has 3 aliphatic rings. The van der Waals surface area contributed by atoms with Crippen molar-refractivity contribution in [3.8, 4) is 11.1 Å². The summed E-state index contributed by atoms with van der Waals surface area (Å²) in [5, 5.41) is 7.26. The van der Waals surface area contributed by atoms with Crippen LogP contribution in [0.5, 0.6) is 0 Å². The van der Waals surface area contributed by atoms with Crippen LogP contribution in [0.4, 0.5) is 10.1 Å². The third-order valence-corrected chi connectivity index (χ3v) is 7.82. The van der Waals surface area contributed by atoms with Gasteiger partial charge in [-0.15, -0.1) is 0 Å². The highest BCUT2D eigenvalue weighted by atomic mass is 19.1. The molecule has 2 aliphatic carbocycles. The number of nitrogens with one attached hydrogen (secondary N) is 1. The fraction of sp³-hybridized carbons (Fsp3) is 0.429. The Morgan fingerprint density at radius 3 is 2.69 bits per heavy atom. The average molecular weight is 488 g/mol. The van der Waals surface area contributed by atoms with Gasteiger partial charge in [0.25, 0.3) is 5.91 Å². The van der Waals surface area contributed by atoms with E-state index in [0.29, 0.717) is 35.4 Å². The van der Waals surface area contributed by atoms with Crippen LogP contribution in [0.3, 0.4) is 0 Å². The largest absolute Gasteiger partial charge is 0.347 e. The van der Waals surface area contributed by atoms with Crippen molar-refractivity contribution in [2.75, 3.05) is 11.4 Å². The highest BCUT2D eigenvalue weighted by molar-refractivity contribution is 6.01. The lowest BCUT2D eigenvalue weighted by Gasteiger charge is -2.23. The zero-order valence-electron chi connectivity index (χ0n) is 20.6. The van der Waals surface area contributed by atoms with E-state index in [-0.39, 0.29) is 35.3 Å². The van der Waals surface area contributed by atoms with Crippen LogP contribution in [-0.4, -0.2) is 33.1 Å². The minimum atomic E-state index is -0.363. The van der Waals surface area contributed by atoms with E-state index < -0.39 is 0 Å². The van der Waals surface area contributed by atoms with E-state index in [9.17, 15) is 14.0 Å². The Balaban J connectivity index is 1.17.